The van der Waals surface area contributed by atoms with Crippen molar-refractivity contribution in [2.24, 2.45) is 0 Å². The number of likely N-dealkylation sites (tertiary alicyclic amines) is 1. The van der Waals surface area contributed by atoms with Crippen LogP contribution in [0.15, 0.2) is 24.4 Å². The minimum absolute atomic E-state index is 0.00360. The molecule has 1 saturated heterocycles. The molecular formula is C22H30N8O2. The van der Waals surface area contributed by atoms with Crippen LogP contribution in [-0.4, -0.2) is 66.1 Å². The van der Waals surface area contributed by atoms with Crippen LogP contribution in [0.5, 0.6) is 0 Å². The van der Waals surface area contributed by atoms with Gasteiger partial charge in [-0.15, -0.1) is 0 Å². The number of benzene rings is 1. The first-order valence-electron chi connectivity index (χ1n) is 10.9. The molecule has 2 aliphatic rings. The summed E-state index contributed by atoms with van der Waals surface area (Å²) in [6, 6.07) is 5.33. The highest BCUT2D eigenvalue weighted by Gasteiger charge is 2.26. The summed E-state index contributed by atoms with van der Waals surface area (Å²) in [7, 11) is 4.12. The number of nitrogens with one attached hydrogen (secondary N) is 4. The van der Waals surface area contributed by atoms with Crippen molar-refractivity contribution >= 4 is 40.8 Å². The van der Waals surface area contributed by atoms with Crippen LogP contribution in [0.3, 0.4) is 0 Å². The maximum absolute atomic E-state index is 12.8. The van der Waals surface area contributed by atoms with E-state index in [-0.39, 0.29) is 18.0 Å². The maximum atomic E-state index is 12.8. The van der Waals surface area contributed by atoms with Crippen LogP contribution in [0.4, 0.5) is 33.6 Å². The molecule has 10 nitrogen and oxygen atoms in total. The second kappa shape index (κ2) is 8.99. The number of aromatic nitrogens is 2. The van der Waals surface area contributed by atoms with E-state index in [0.29, 0.717) is 40.4 Å². The molecule has 0 saturated carbocycles. The molecular weight excluding hydrogens is 408 g/mol. The zero-order valence-corrected chi connectivity index (χ0v) is 18.9. The molecule has 4 N–H and O–H groups in total. The number of carbonyl (C=O) groups is 2. The van der Waals surface area contributed by atoms with Crippen molar-refractivity contribution in [3.63, 3.8) is 0 Å². The van der Waals surface area contributed by atoms with Gasteiger partial charge in [-0.05, 0) is 59.0 Å². The standard InChI is InChI=1S/C22H30N8O2/c1-13(2)24-22(32)26-17-7-5-6-16-18(17)27-19-15(20(31)25-16)12-23-21(28-19)30(4)14-8-10-29(3)11-9-14/h5-7,12-14H,8-11H2,1-4H3,(H,25,31)(H,23,27,28)(H2,24,26,32). The molecule has 2 aromatic rings. The number of para-hydroxylation sites is 1. The van der Waals surface area contributed by atoms with Crippen LogP contribution in [0.25, 0.3) is 0 Å². The monoisotopic (exact) mass is 438 g/mol. The second-order valence-electron chi connectivity index (χ2n) is 8.64. The van der Waals surface area contributed by atoms with Crippen LogP contribution >= 0.6 is 0 Å². The van der Waals surface area contributed by atoms with Crippen molar-refractivity contribution in [1.29, 1.82) is 0 Å². The maximum Gasteiger partial charge on any atom is 0.319 e. The van der Waals surface area contributed by atoms with E-state index >= 15 is 0 Å². The Hall–Kier alpha value is -3.40. The topological polar surface area (TPSA) is 115 Å². The highest BCUT2D eigenvalue weighted by molar-refractivity contribution is 6.13. The van der Waals surface area contributed by atoms with Crippen LogP contribution in [0, 0.1) is 0 Å². The summed E-state index contributed by atoms with van der Waals surface area (Å²) in [5.74, 6) is 0.665. The molecule has 0 atom stereocenters. The van der Waals surface area contributed by atoms with Gasteiger partial charge >= 0.3 is 6.03 Å². The molecule has 10 heteroatoms. The minimum Gasteiger partial charge on any atom is -0.341 e. The van der Waals surface area contributed by atoms with Crippen molar-refractivity contribution in [3.05, 3.63) is 30.0 Å². The number of piperidine rings is 1. The van der Waals surface area contributed by atoms with Crippen molar-refractivity contribution in [3.8, 4) is 0 Å². The molecule has 0 bridgehead atoms. The molecule has 0 radical (unpaired) electrons. The molecule has 0 aliphatic carbocycles. The fourth-order valence-electron chi connectivity index (χ4n) is 3.97. The van der Waals surface area contributed by atoms with Gasteiger partial charge in [-0.3, -0.25) is 4.79 Å². The minimum atomic E-state index is -0.323. The van der Waals surface area contributed by atoms with Gasteiger partial charge in [0.05, 0.1) is 17.1 Å². The van der Waals surface area contributed by atoms with Gasteiger partial charge in [0.1, 0.15) is 11.4 Å². The SMILES string of the molecule is CC(C)NC(=O)Nc1cccc2c1Nc1nc(N(C)C3CCN(C)CC3)ncc1C(=O)N2. The lowest BCUT2D eigenvalue weighted by Crippen LogP contribution is -2.42. The molecule has 1 fully saturated rings. The molecule has 1 aromatic heterocycles. The molecule has 4 rings (SSSR count). The average Bonchev–Trinajstić information content (AvgIpc) is 2.89. The summed E-state index contributed by atoms with van der Waals surface area (Å²) in [5, 5.41) is 11.8. The van der Waals surface area contributed by atoms with E-state index in [1.54, 1.807) is 24.4 Å². The second-order valence-corrected chi connectivity index (χ2v) is 8.64. The lowest BCUT2D eigenvalue weighted by atomic mass is 10.0. The Labute approximate surface area is 187 Å². The molecule has 3 amide bonds. The summed E-state index contributed by atoms with van der Waals surface area (Å²) in [6.45, 7) is 5.83. The van der Waals surface area contributed by atoms with Gasteiger partial charge < -0.3 is 31.1 Å². The van der Waals surface area contributed by atoms with Crippen LogP contribution in [0.2, 0.25) is 0 Å². The van der Waals surface area contributed by atoms with Crippen molar-refractivity contribution < 1.29 is 9.59 Å². The van der Waals surface area contributed by atoms with Gasteiger partial charge in [-0.1, -0.05) is 6.07 Å². The smallest absolute Gasteiger partial charge is 0.319 e. The van der Waals surface area contributed by atoms with Crippen molar-refractivity contribution in [2.45, 2.75) is 38.8 Å². The Balaban J connectivity index is 1.63. The highest BCUT2D eigenvalue weighted by Crippen LogP contribution is 2.37. The lowest BCUT2D eigenvalue weighted by molar-refractivity contribution is 0.102. The zero-order valence-electron chi connectivity index (χ0n) is 18.9. The fraction of sp³-hybridized carbons (Fsp3) is 0.455. The predicted octanol–water partition coefficient (Wildman–Crippen LogP) is 2.85. The van der Waals surface area contributed by atoms with E-state index in [4.69, 9.17) is 0 Å². The van der Waals surface area contributed by atoms with Gasteiger partial charge in [0.15, 0.2) is 0 Å². The van der Waals surface area contributed by atoms with Gasteiger partial charge in [-0.2, -0.15) is 4.98 Å². The molecule has 0 unspecified atom stereocenters. The van der Waals surface area contributed by atoms with Crippen LogP contribution in [-0.2, 0) is 0 Å². The molecule has 3 heterocycles. The fourth-order valence-corrected chi connectivity index (χ4v) is 3.97. The van der Waals surface area contributed by atoms with E-state index in [1.165, 1.54) is 0 Å². The number of carbonyl (C=O) groups excluding carboxylic acids is 2. The Kier molecular flexibility index (Phi) is 6.13. The van der Waals surface area contributed by atoms with E-state index in [2.05, 4.69) is 48.1 Å². The molecule has 170 valence electrons. The van der Waals surface area contributed by atoms with Gasteiger partial charge in [-0.25, -0.2) is 9.78 Å². The van der Waals surface area contributed by atoms with Gasteiger partial charge in [0.2, 0.25) is 5.95 Å². The Morgan fingerprint density at radius 3 is 2.72 bits per heavy atom. The van der Waals surface area contributed by atoms with Gasteiger partial charge in [0, 0.05) is 25.3 Å². The van der Waals surface area contributed by atoms with E-state index in [1.807, 2.05) is 20.9 Å². The summed E-state index contributed by atoms with van der Waals surface area (Å²) in [6.07, 6.45) is 3.61. The average molecular weight is 439 g/mol. The number of hydrogen-bond donors (Lipinski definition) is 4. The largest absolute Gasteiger partial charge is 0.341 e. The highest BCUT2D eigenvalue weighted by atomic mass is 16.2. The van der Waals surface area contributed by atoms with Crippen molar-refractivity contribution in [1.82, 2.24) is 20.2 Å². The Morgan fingerprint density at radius 1 is 1.25 bits per heavy atom. The van der Waals surface area contributed by atoms with Crippen molar-refractivity contribution in [2.75, 3.05) is 48.0 Å². The number of hydrogen-bond acceptors (Lipinski definition) is 7. The Bertz CT molecular complexity index is 1020. The lowest BCUT2D eigenvalue weighted by Gasteiger charge is -2.35. The first-order chi connectivity index (χ1) is 15.3. The number of nitrogens with zero attached hydrogens (tertiary/aromatic N) is 4. The summed E-state index contributed by atoms with van der Waals surface area (Å²) in [5.41, 5.74) is 2.02. The van der Waals surface area contributed by atoms with Gasteiger partial charge in [0.25, 0.3) is 5.91 Å². The molecule has 2 aliphatic heterocycles. The zero-order chi connectivity index (χ0) is 22.8. The third-order valence-corrected chi connectivity index (χ3v) is 5.80. The quantitative estimate of drug-likeness (QED) is 0.580. The summed E-state index contributed by atoms with van der Waals surface area (Å²) in [4.78, 5) is 38.6. The number of fused-ring (bicyclic) bond motifs is 2. The number of urea groups is 1. The Morgan fingerprint density at radius 2 is 2.00 bits per heavy atom. The van der Waals surface area contributed by atoms with E-state index < -0.39 is 0 Å². The first-order valence-corrected chi connectivity index (χ1v) is 10.9. The molecule has 32 heavy (non-hydrogen) atoms. The first kappa shape index (κ1) is 21.8. The molecule has 0 spiro atoms. The third kappa shape index (κ3) is 4.59. The summed E-state index contributed by atoms with van der Waals surface area (Å²) < 4.78 is 0. The number of anilines is 5. The summed E-state index contributed by atoms with van der Waals surface area (Å²) >= 11 is 0. The normalized spacial score (nSPS) is 16.3. The number of rotatable bonds is 4. The van der Waals surface area contributed by atoms with E-state index in [0.717, 1.165) is 25.9 Å². The van der Waals surface area contributed by atoms with Crippen LogP contribution in [0.1, 0.15) is 37.0 Å². The molecule has 1 aromatic carbocycles. The van der Waals surface area contributed by atoms with E-state index in [9.17, 15) is 9.59 Å². The number of amides is 3. The van der Waals surface area contributed by atoms with Crippen LogP contribution < -0.4 is 26.2 Å². The third-order valence-electron chi connectivity index (χ3n) is 5.80. The predicted molar refractivity (Wildman–Crippen MR) is 126 cm³/mol.